The Bertz CT molecular complexity index is 398. The number of hydrogen-bond donors (Lipinski definition) is 0. The zero-order valence-corrected chi connectivity index (χ0v) is 15.4. The first-order valence-corrected chi connectivity index (χ1v) is 9.93. The van der Waals surface area contributed by atoms with Gasteiger partial charge in [-0.05, 0) is 40.0 Å². The smallest absolute Gasteiger partial charge is 0.410 e. The molecule has 0 radical (unpaired) electrons. The molecule has 3 aliphatic heterocycles. The summed E-state index contributed by atoms with van der Waals surface area (Å²) in [6.07, 6.45) is 13.3. The number of piperidine rings is 1. The third kappa shape index (κ3) is 4.25. The van der Waals surface area contributed by atoms with Crippen molar-refractivity contribution in [2.45, 2.75) is 108 Å². The van der Waals surface area contributed by atoms with Gasteiger partial charge in [-0.2, -0.15) is 0 Å². The molecule has 0 saturated carbocycles. The van der Waals surface area contributed by atoms with Crippen LogP contribution in [0.1, 0.15) is 78.6 Å². The Labute approximate surface area is 142 Å². The molecule has 23 heavy (non-hydrogen) atoms. The summed E-state index contributed by atoms with van der Waals surface area (Å²) in [4.78, 5) is 14.7. The average molecular weight is 319 g/mol. The van der Waals surface area contributed by atoms with Gasteiger partial charge in [0.2, 0.25) is 0 Å². The van der Waals surface area contributed by atoms with Crippen LogP contribution in [0.25, 0.3) is 0 Å². The van der Waals surface area contributed by atoms with Gasteiger partial charge in [0.1, 0.15) is 12.3 Å². The van der Waals surface area contributed by atoms with Crippen LogP contribution in [0.3, 0.4) is 0 Å². The molecule has 1 atom stereocenters. The van der Waals surface area contributed by atoms with E-state index in [0.29, 0.717) is 6.04 Å². The number of rotatable bonds is 2. The van der Waals surface area contributed by atoms with E-state index in [9.17, 15) is 4.79 Å². The molecular weight excluding hydrogens is 285 g/mol. The minimum Gasteiger partial charge on any atom is -0.444 e. The molecule has 0 aliphatic carbocycles. The molecule has 3 fully saturated rings. The minimum absolute atomic E-state index is 0.0804. The average Bonchev–Trinajstić information content (AvgIpc) is 2.45. The van der Waals surface area contributed by atoms with Crippen LogP contribution in [0, 0.1) is 0 Å². The lowest BCUT2D eigenvalue weighted by atomic mass is 9.25. The minimum atomic E-state index is -0.388. The Balaban J connectivity index is 1.65. The van der Waals surface area contributed by atoms with Gasteiger partial charge in [0.05, 0.1) is 0 Å². The molecule has 2 bridgehead atoms. The maximum absolute atomic E-state index is 12.6. The molecule has 1 amide bonds. The summed E-state index contributed by atoms with van der Waals surface area (Å²) in [6.45, 7) is 7.66. The molecule has 0 aromatic heterocycles. The number of nitrogens with zero attached hydrogens (tertiary/aromatic N) is 1. The second kappa shape index (κ2) is 7.07. The van der Waals surface area contributed by atoms with Gasteiger partial charge in [-0.15, -0.1) is 0 Å². The fourth-order valence-electron chi connectivity index (χ4n) is 5.32. The number of carbonyl (C=O) groups excluding carboxylic acids is 1. The van der Waals surface area contributed by atoms with Crippen molar-refractivity contribution >= 4 is 12.8 Å². The van der Waals surface area contributed by atoms with E-state index in [1.807, 2.05) is 20.8 Å². The summed E-state index contributed by atoms with van der Waals surface area (Å²) < 4.78 is 5.68. The van der Waals surface area contributed by atoms with Crippen LogP contribution in [0.2, 0.25) is 18.0 Å². The summed E-state index contributed by atoms with van der Waals surface area (Å²) in [5, 5.41) is 0. The lowest BCUT2D eigenvalue weighted by Crippen LogP contribution is -2.49. The van der Waals surface area contributed by atoms with Crippen LogP contribution < -0.4 is 0 Å². The molecule has 0 N–H and O–H groups in total. The zero-order valence-electron chi connectivity index (χ0n) is 15.4. The van der Waals surface area contributed by atoms with Crippen molar-refractivity contribution in [3.8, 4) is 0 Å². The van der Waals surface area contributed by atoms with Crippen LogP contribution >= 0.6 is 0 Å². The number of hydrogen-bond acceptors (Lipinski definition) is 2. The summed E-state index contributed by atoms with van der Waals surface area (Å²) in [5.41, 5.74) is -0.388. The second-order valence-corrected chi connectivity index (χ2v) is 9.10. The highest BCUT2D eigenvalue weighted by Crippen LogP contribution is 2.48. The van der Waals surface area contributed by atoms with Gasteiger partial charge in [0, 0.05) is 12.6 Å². The van der Waals surface area contributed by atoms with Crippen molar-refractivity contribution in [3.63, 3.8) is 0 Å². The molecule has 3 aliphatic rings. The summed E-state index contributed by atoms with van der Waals surface area (Å²) >= 11 is 0. The Kier molecular flexibility index (Phi) is 5.27. The van der Waals surface area contributed by atoms with Gasteiger partial charge in [-0.1, -0.05) is 56.5 Å². The molecule has 4 heteroatoms. The lowest BCUT2D eigenvalue weighted by molar-refractivity contribution is 0.0118. The van der Waals surface area contributed by atoms with E-state index in [-0.39, 0.29) is 11.7 Å². The van der Waals surface area contributed by atoms with E-state index < -0.39 is 0 Å². The number of fused-ring (bicyclic) bond motifs is 2. The maximum atomic E-state index is 12.6. The van der Waals surface area contributed by atoms with Crippen molar-refractivity contribution in [2.75, 3.05) is 6.54 Å². The van der Waals surface area contributed by atoms with Crippen LogP contribution in [-0.2, 0) is 4.74 Å². The topological polar surface area (TPSA) is 29.5 Å². The molecule has 3 nitrogen and oxygen atoms in total. The van der Waals surface area contributed by atoms with E-state index >= 15 is 0 Å². The van der Waals surface area contributed by atoms with Crippen molar-refractivity contribution in [1.82, 2.24) is 4.90 Å². The van der Waals surface area contributed by atoms with Gasteiger partial charge >= 0.3 is 6.09 Å². The molecular formula is C19H34BNO2. The standard InChI is InChI=1S/C19H34BNO2/c1-19(2,3)23-18(22)21-13-5-4-12-17(21)14-20-15-8-6-9-16(20)11-7-10-15/h15-17H,4-14H2,1-3H3. The largest absolute Gasteiger partial charge is 0.444 e. The van der Waals surface area contributed by atoms with Gasteiger partial charge in [-0.25, -0.2) is 4.79 Å². The highest BCUT2D eigenvalue weighted by molar-refractivity contribution is 6.62. The van der Waals surface area contributed by atoms with Crippen molar-refractivity contribution in [3.05, 3.63) is 0 Å². The summed E-state index contributed by atoms with van der Waals surface area (Å²) in [6, 6.07) is 0.421. The molecule has 0 spiro atoms. The normalized spacial score (nSPS) is 31.9. The van der Waals surface area contributed by atoms with Crippen molar-refractivity contribution < 1.29 is 9.53 Å². The molecule has 0 aromatic rings. The van der Waals surface area contributed by atoms with E-state index in [0.717, 1.165) is 31.3 Å². The first-order chi connectivity index (χ1) is 10.9. The summed E-state index contributed by atoms with van der Waals surface area (Å²) in [7, 11) is 0. The van der Waals surface area contributed by atoms with Crippen LogP contribution in [0.4, 0.5) is 4.79 Å². The summed E-state index contributed by atoms with van der Waals surface area (Å²) in [5.74, 6) is 1.87. The Hall–Kier alpha value is -0.665. The molecule has 1 unspecified atom stereocenters. The fourth-order valence-corrected chi connectivity index (χ4v) is 5.32. The maximum Gasteiger partial charge on any atom is 0.410 e. The van der Waals surface area contributed by atoms with E-state index in [1.54, 1.807) is 0 Å². The predicted molar refractivity (Wildman–Crippen MR) is 96.3 cm³/mol. The molecule has 3 rings (SSSR count). The SMILES string of the molecule is CC(C)(C)OC(=O)N1CCCCC1CB1C2CCCC1CCC2. The van der Waals surface area contributed by atoms with Gasteiger partial charge in [-0.3, -0.25) is 0 Å². The Morgan fingerprint density at radius 2 is 1.61 bits per heavy atom. The highest BCUT2D eigenvalue weighted by Gasteiger charge is 2.42. The van der Waals surface area contributed by atoms with Gasteiger partial charge in [0.15, 0.2) is 0 Å². The first kappa shape index (κ1) is 17.2. The van der Waals surface area contributed by atoms with Crippen molar-refractivity contribution in [1.29, 1.82) is 0 Å². The highest BCUT2D eigenvalue weighted by atomic mass is 16.6. The third-order valence-electron chi connectivity index (χ3n) is 6.31. The molecule has 3 heterocycles. The van der Waals surface area contributed by atoms with E-state index in [2.05, 4.69) is 4.90 Å². The van der Waals surface area contributed by atoms with Gasteiger partial charge in [0.25, 0.3) is 0 Å². The van der Waals surface area contributed by atoms with Crippen LogP contribution in [0.15, 0.2) is 0 Å². The Morgan fingerprint density at radius 3 is 2.17 bits per heavy atom. The number of ether oxygens (including phenoxy) is 1. The monoisotopic (exact) mass is 319 g/mol. The number of likely N-dealkylation sites (tertiary alicyclic amines) is 1. The lowest BCUT2D eigenvalue weighted by Gasteiger charge is -2.45. The van der Waals surface area contributed by atoms with Crippen LogP contribution in [0.5, 0.6) is 0 Å². The zero-order chi connectivity index (χ0) is 16.4. The van der Waals surface area contributed by atoms with Crippen molar-refractivity contribution in [2.24, 2.45) is 0 Å². The number of amides is 1. The molecule has 130 valence electrons. The third-order valence-corrected chi connectivity index (χ3v) is 6.31. The molecule has 3 saturated heterocycles. The fraction of sp³-hybridized carbons (Fsp3) is 0.947. The van der Waals surface area contributed by atoms with E-state index in [4.69, 9.17) is 4.74 Å². The molecule has 0 aromatic carbocycles. The quantitative estimate of drug-likeness (QED) is 0.640. The Morgan fingerprint density at radius 1 is 1.00 bits per heavy atom. The number of carbonyl (C=O) groups is 1. The second-order valence-electron chi connectivity index (χ2n) is 9.10. The van der Waals surface area contributed by atoms with E-state index in [1.165, 1.54) is 57.7 Å². The van der Waals surface area contributed by atoms with Crippen LogP contribution in [-0.4, -0.2) is 35.9 Å². The first-order valence-electron chi connectivity index (χ1n) is 9.93. The van der Waals surface area contributed by atoms with Gasteiger partial charge < -0.3 is 9.64 Å². The predicted octanol–water partition coefficient (Wildman–Crippen LogP) is 5.38.